The van der Waals surface area contributed by atoms with Crippen LogP contribution in [0.3, 0.4) is 0 Å². The molecule has 1 N–H and O–H groups in total. The second kappa shape index (κ2) is 5.48. The zero-order chi connectivity index (χ0) is 11.5. The molecule has 2 atom stereocenters. The molecule has 1 saturated heterocycles. The van der Waals surface area contributed by atoms with Crippen LogP contribution in [-0.2, 0) is 4.74 Å². The van der Waals surface area contributed by atoms with E-state index in [9.17, 15) is 0 Å². The molecule has 1 heterocycles. The lowest BCUT2D eigenvalue weighted by molar-refractivity contribution is -0.0363. The number of hydrogen-bond donors (Lipinski definition) is 1. The van der Waals surface area contributed by atoms with Crippen molar-refractivity contribution in [1.82, 2.24) is 10.2 Å². The number of rotatable bonds is 2. The smallest absolute Gasteiger partial charge is 0.0601 e. The van der Waals surface area contributed by atoms with Gasteiger partial charge in [0.15, 0.2) is 0 Å². The molecule has 0 aromatic rings. The predicted molar refractivity (Wildman–Crippen MR) is 66.6 cm³/mol. The summed E-state index contributed by atoms with van der Waals surface area (Å²) in [5.74, 6) is 1.54. The summed E-state index contributed by atoms with van der Waals surface area (Å²) in [7, 11) is 1.84. The minimum Gasteiger partial charge on any atom is -0.381 e. The van der Waals surface area contributed by atoms with Crippen molar-refractivity contribution >= 4 is 0 Å². The molecular formula is C13H26N2O. The summed E-state index contributed by atoms with van der Waals surface area (Å²) in [4.78, 5) is 2.70. The first-order chi connectivity index (χ1) is 7.69. The summed E-state index contributed by atoms with van der Waals surface area (Å²) < 4.78 is 5.38. The summed E-state index contributed by atoms with van der Waals surface area (Å²) in [6.45, 7) is 9.53. The van der Waals surface area contributed by atoms with Crippen LogP contribution in [0, 0.1) is 11.8 Å². The highest BCUT2D eigenvalue weighted by molar-refractivity contribution is 4.90. The minimum atomic E-state index is 0.527. The largest absolute Gasteiger partial charge is 0.381 e. The maximum absolute atomic E-state index is 5.38. The van der Waals surface area contributed by atoms with Crippen LogP contribution in [0.4, 0.5) is 0 Å². The van der Waals surface area contributed by atoms with Crippen LogP contribution < -0.4 is 5.32 Å². The summed E-state index contributed by atoms with van der Waals surface area (Å²) in [6, 6.07) is 0.785. The van der Waals surface area contributed by atoms with Crippen LogP contribution >= 0.6 is 0 Å². The predicted octanol–water partition coefficient (Wildman–Crippen LogP) is 1.34. The van der Waals surface area contributed by atoms with E-state index < -0.39 is 0 Å². The standard InChI is InChI=1S/C13H26N2O/c1-10-6-14-7-11(2)9-15(8-10)12-4-13(5-12)16-3/h10-14H,4-9H2,1-3H3. The maximum Gasteiger partial charge on any atom is 0.0601 e. The van der Waals surface area contributed by atoms with Crippen molar-refractivity contribution < 1.29 is 4.74 Å². The highest BCUT2D eigenvalue weighted by atomic mass is 16.5. The molecule has 0 amide bonds. The molecule has 2 rings (SSSR count). The van der Waals surface area contributed by atoms with E-state index in [4.69, 9.17) is 4.74 Å². The molecule has 16 heavy (non-hydrogen) atoms. The van der Waals surface area contributed by atoms with Crippen LogP contribution in [0.25, 0.3) is 0 Å². The van der Waals surface area contributed by atoms with E-state index in [1.54, 1.807) is 0 Å². The van der Waals surface area contributed by atoms with Gasteiger partial charge in [0, 0.05) is 26.2 Å². The van der Waals surface area contributed by atoms with Crippen molar-refractivity contribution in [3.05, 3.63) is 0 Å². The van der Waals surface area contributed by atoms with E-state index in [0.29, 0.717) is 6.10 Å². The van der Waals surface area contributed by atoms with E-state index in [0.717, 1.165) is 17.9 Å². The van der Waals surface area contributed by atoms with Gasteiger partial charge in [-0.25, -0.2) is 0 Å². The van der Waals surface area contributed by atoms with E-state index in [-0.39, 0.29) is 0 Å². The third kappa shape index (κ3) is 2.96. The average Bonchev–Trinajstić information content (AvgIpc) is 2.13. The Balaban J connectivity index is 1.85. The summed E-state index contributed by atoms with van der Waals surface area (Å²) in [5, 5.41) is 3.55. The van der Waals surface area contributed by atoms with E-state index in [1.807, 2.05) is 7.11 Å². The molecule has 2 unspecified atom stereocenters. The van der Waals surface area contributed by atoms with Crippen molar-refractivity contribution in [2.45, 2.75) is 38.8 Å². The Morgan fingerprint density at radius 2 is 1.62 bits per heavy atom. The molecular weight excluding hydrogens is 200 g/mol. The average molecular weight is 226 g/mol. The first kappa shape index (κ1) is 12.3. The molecule has 0 aromatic heterocycles. The molecule has 3 heteroatoms. The van der Waals surface area contributed by atoms with Crippen LogP contribution in [0.5, 0.6) is 0 Å². The van der Waals surface area contributed by atoms with Gasteiger partial charge < -0.3 is 10.1 Å². The molecule has 1 saturated carbocycles. The Morgan fingerprint density at radius 1 is 1.06 bits per heavy atom. The van der Waals surface area contributed by atoms with Crippen LogP contribution in [0.1, 0.15) is 26.7 Å². The Labute approximate surface area is 99.5 Å². The van der Waals surface area contributed by atoms with E-state index >= 15 is 0 Å². The summed E-state index contributed by atoms with van der Waals surface area (Å²) in [5.41, 5.74) is 0. The van der Waals surface area contributed by atoms with Crippen molar-refractivity contribution in [1.29, 1.82) is 0 Å². The fourth-order valence-electron chi connectivity index (χ4n) is 2.91. The third-order valence-electron chi connectivity index (χ3n) is 4.00. The first-order valence-corrected chi connectivity index (χ1v) is 6.66. The number of hydrogen-bond acceptors (Lipinski definition) is 3. The highest BCUT2D eigenvalue weighted by Gasteiger charge is 2.34. The number of nitrogens with one attached hydrogen (secondary N) is 1. The van der Waals surface area contributed by atoms with Crippen LogP contribution in [0.2, 0.25) is 0 Å². The number of ether oxygens (including phenoxy) is 1. The summed E-state index contributed by atoms with van der Waals surface area (Å²) >= 11 is 0. The van der Waals surface area contributed by atoms with Gasteiger partial charge in [0.2, 0.25) is 0 Å². The molecule has 0 bridgehead atoms. The molecule has 94 valence electrons. The monoisotopic (exact) mass is 226 g/mol. The van der Waals surface area contributed by atoms with Gasteiger partial charge in [-0.3, -0.25) is 4.90 Å². The Hall–Kier alpha value is -0.120. The van der Waals surface area contributed by atoms with Crippen molar-refractivity contribution in [2.75, 3.05) is 33.3 Å². The Bertz CT molecular complexity index is 204. The van der Waals surface area contributed by atoms with Gasteiger partial charge in [-0.15, -0.1) is 0 Å². The second-order valence-electron chi connectivity index (χ2n) is 5.81. The summed E-state index contributed by atoms with van der Waals surface area (Å²) in [6.07, 6.45) is 3.01. The molecule has 0 radical (unpaired) electrons. The Kier molecular flexibility index (Phi) is 4.22. The molecule has 2 aliphatic rings. The zero-order valence-electron chi connectivity index (χ0n) is 10.9. The van der Waals surface area contributed by atoms with Crippen LogP contribution in [0.15, 0.2) is 0 Å². The molecule has 1 aliphatic carbocycles. The molecule has 0 aromatic carbocycles. The quantitative estimate of drug-likeness (QED) is 0.769. The molecule has 0 spiro atoms. The number of nitrogens with zero attached hydrogens (tertiary/aromatic N) is 1. The lowest BCUT2D eigenvalue weighted by Gasteiger charge is -2.45. The van der Waals surface area contributed by atoms with Gasteiger partial charge in [0.05, 0.1) is 6.10 Å². The van der Waals surface area contributed by atoms with Gasteiger partial charge in [0.25, 0.3) is 0 Å². The van der Waals surface area contributed by atoms with Gasteiger partial charge in [-0.05, 0) is 37.8 Å². The van der Waals surface area contributed by atoms with Crippen molar-refractivity contribution in [3.8, 4) is 0 Å². The van der Waals surface area contributed by atoms with Crippen molar-refractivity contribution in [2.24, 2.45) is 11.8 Å². The maximum atomic E-state index is 5.38. The normalized spacial score (nSPS) is 42.2. The van der Waals surface area contributed by atoms with E-state index in [1.165, 1.54) is 39.0 Å². The van der Waals surface area contributed by atoms with Gasteiger partial charge in [0.1, 0.15) is 0 Å². The topological polar surface area (TPSA) is 24.5 Å². The third-order valence-corrected chi connectivity index (χ3v) is 4.00. The van der Waals surface area contributed by atoms with Gasteiger partial charge in [-0.2, -0.15) is 0 Å². The SMILES string of the molecule is COC1CC(N2CC(C)CNCC(C)C2)C1. The fourth-order valence-corrected chi connectivity index (χ4v) is 2.91. The minimum absolute atomic E-state index is 0.527. The lowest BCUT2D eigenvalue weighted by atomic mass is 9.86. The van der Waals surface area contributed by atoms with Crippen LogP contribution in [-0.4, -0.2) is 50.3 Å². The fraction of sp³-hybridized carbons (Fsp3) is 1.00. The van der Waals surface area contributed by atoms with Gasteiger partial charge in [-0.1, -0.05) is 13.8 Å². The Morgan fingerprint density at radius 3 is 2.12 bits per heavy atom. The molecule has 1 aliphatic heterocycles. The number of methoxy groups -OCH3 is 1. The lowest BCUT2D eigenvalue weighted by Crippen LogP contribution is -2.53. The molecule has 2 fully saturated rings. The first-order valence-electron chi connectivity index (χ1n) is 6.66. The second-order valence-corrected chi connectivity index (χ2v) is 5.81. The molecule has 3 nitrogen and oxygen atoms in total. The van der Waals surface area contributed by atoms with Crippen molar-refractivity contribution in [3.63, 3.8) is 0 Å². The highest BCUT2D eigenvalue weighted by Crippen LogP contribution is 2.29. The van der Waals surface area contributed by atoms with E-state index in [2.05, 4.69) is 24.1 Å². The zero-order valence-corrected chi connectivity index (χ0v) is 10.9. The van der Waals surface area contributed by atoms with Gasteiger partial charge >= 0.3 is 0 Å².